The number of benzene rings is 2. The number of furan rings is 1. The van der Waals surface area contributed by atoms with E-state index in [2.05, 4.69) is 21.2 Å². The molecule has 128 valence electrons. The predicted molar refractivity (Wildman–Crippen MR) is 96.5 cm³/mol. The molecular weight excluding hydrogens is 387 g/mol. The van der Waals surface area contributed by atoms with E-state index >= 15 is 0 Å². The minimum absolute atomic E-state index is 0.135. The van der Waals surface area contributed by atoms with Gasteiger partial charge in [-0.25, -0.2) is 4.39 Å². The lowest BCUT2D eigenvalue weighted by molar-refractivity contribution is -0.678. The Bertz CT molecular complexity index is 838. The van der Waals surface area contributed by atoms with Crippen molar-refractivity contribution >= 4 is 27.5 Å². The monoisotopic (exact) mass is 403 g/mol. The van der Waals surface area contributed by atoms with Crippen LogP contribution in [0.2, 0.25) is 0 Å². The van der Waals surface area contributed by atoms with Gasteiger partial charge in [0.05, 0.1) is 12.0 Å². The van der Waals surface area contributed by atoms with E-state index in [9.17, 15) is 9.18 Å². The highest BCUT2D eigenvalue weighted by Gasteiger charge is 2.21. The Morgan fingerprint density at radius 2 is 1.96 bits per heavy atom. The number of quaternary nitrogens is 1. The molecule has 3 N–H and O–H groups in total. The molecule has 0 fully saturated rings. The number of rotatable bonds is 6. The van der Waals surface area contributed by atoms with Gasteiger partial charge in [-0.15, -0.1) is 0 Å². The van der Waals surface area contributed by atoms with Gasteiger partial charge < -0.3 is 15.1 Å². The van der Waals surface area contributed by atoms with Gasteiger partial charge in [-0.2, -0.15) is 0 Å². The smallest absolute Gasteiger partial charge is 0.279 e. The zero-order valence-electron chi connectivity index (χ0n) is 13.3. The molecule has 1 heterocycles. The summed E-state index contributed by atoms with van der Waals surface area (Å²) in [5.41, 5.74) is 1.19. The normalized spacial score (nSPS) is 11.9. The number of hydrogen-bond donors (Lipinski definition) is 2. The number of halogens is 2. The number of carbonyl (C=O) groups is 1. The SMILES string of the molecule is O=C(C[NH2+][C@@H](c1ccccc1)c1ccco1)Nc1ccc(Br)cc1F. The van der Waals surface area contributed by atoms with Crippen LogP contribution in [0.4, 0.5) is 10.1 Å². The molecule has 1 amide bonds. The van der Waals surface area contributed by atoms with Crippen LogP contribution in [0.25, 0.3) is 0 Å². The van der Waals surface area contributed by atoms with Crippen LogP contribution in [-0.2, 0) is 4.79 Å². The molecular formula is C19H17BrFN2O2+. The summed E-state index contributed by atoms with van der Waals surface area (Å²) in [5, 5.41) is 4.45. The summed E-state index contributed by atoms with van der Waals surface area (Å²) < 4.78 is 20.0. The minimum atomic E-state index is -0.478. The Labute approximate surface area is 153 Å². The molecule has 6 heteroatoms. The lowest BCUT2D eigenvalue weighted by atomic mass is 10.0. The van der Waals surface area contributed by atoms with Gasteiger partial charge in [-0.1, -0.05) is 46.3 Å². The Hall–Kier alpha value is -2.44. The van der Waals surface area contributed by atoms with E-state index in [0.29, 0.717) is 4.47 Å². The van der Waals surface area contributed by atoms with Crippen LogP contribution in [0, 0.1) is 5.82 Å². The predicted octanol–water partition coefficient (Wildman–Crippen LogP) is 3.47. The number of carbonyl (C=O) groups excluding carboxylic acids is 1. The fourth-order valence-corrected chi connectivity index (χ4v) is 2.90. The fourth-order valence-electron chi connectivity index (χ4n) is 2.56. The Kier molecular flexibility index (Phi) is 5.63. The van der Waals surface area contributed by atoms with Crippen LogP contribution in [0.5, 0.6) is 0 Å². The summed E-state index contributed by atoms with van der Waals surface area (Å²) >= 11 is 3.19. The van der Waals surface area contributed by atoms with E-state index in [1.165, 1.54) is 12.1 Å². The van der Waals surface area contributed by atoms with Crippen molar-refractivity contribution in [1.82, 2.24) is 0 Å². The van der Waals surface area contributed by atoms with Gasteiger partial charge in [0.1, 0.15) is 5.82 Å². The minimum Gasteiger partial charge on any atom is -0.463 e. The first-order chi connectivity index (χ1) is 12.1. The highest BCUT2D eigenvalue weighted by atomic mass is 79.9. The van der Waals surface area contributed by atoms with E-state index in [1.54, 1.807) is 12.3 Å². The number of hydrogen-bond acceptors (Lipinski definition) is 2. The number of nitrogens with one attached hydrogen (secondary N) is 1. The molecule has 0 saturated heterocycles. The van der Waals surface area contributed by atoms with Crippen LogP contribution in [-0.4, -0.2) is 12.5 Å². The van der Waals surface area contributed by atoms with Crippen molar-refractivity contribution in [3.05, 3.63) is 88.5 Å². The third kappa shape index (κ3) is 4.55. The molecule has 1 atom stereocenters. The summed E-state index contributed by atoms with van der Waals surface area (Å²) in [6.07, 6.45) is 1.61. The van der Waals surface area contributed by atoms with Crippen molar-refractivity contribution in [3.8, 4) is 0 Å². The second kappa shape index (κ2) is 8.09. The third-order valence-corrected chi connectivity index (χ3v) is 4.25. The molecule has 0 aliphatic heterocycles. The van der Waals surface area contributed by atoms with Gasteiger partial charge in [-0.05, 0) is 30.3 Å². The van der Waals surface area contributed by atoms with Crippen molar-refractivity contribution in [3.63, 3.8) is 0 Å². The van der Waals surface area contributed by atoms with Crippen molar-refractivity contribution in [2.45, 2.75) is 6.04 Å². The fraction of sp³-hybridized carbons (Fsp3) is 0.105. The molecule has 1 aromatic heterocycles. The summed E-state index contributed by atoms with van der Waals surface area (Å²) in [7, 11) is 0. The van der Waals surface area contributed by atoms with Gasteiger partial charge in [0.15, 0.2) is 18.3 Å². The Balaban J connectivity index is 1.68. The largest absolute Gasteiger partial charge is 0.463 e. The van der Waals surface area contributed by atoms with Gasteiger partial charge in [0, 0.05) is 10.0 Å². The topological polar surface area (TPSA) is 58.9 Å². The van der Waals surface area contributed by atoms with Crippen LogP contribution in [0.15, 0.2) is 75.8 Å². The maximum absolute atomic E-state index is 13.8. The molecule has 3 aromatic rings. The second-order valence-corrected chi connectivity index (χ2v) is 6.43. The van der Waals surface area contributed by atoms with Crippen LogP contribution < -0.4 is 10.6 Å². The maximum atomic E-state index is 13.8. The number of amides is 1. The molecule has 4 nitrogen and oxygen atoms in total. The van der Waals surface area contributed by atoms with Crippen molar-refractivity contribution in [1.29, 1.82) is 0 Å². The lowest BCUT2D eigenvalue weighted by Gasteiger charge is -2.14. The van der Waals surface area contributed by atoms with E-state index in [4.69, 9.17) is 4.42 Å². The number of anilines is 1. The summed E-state index contributed by atoms with van der Waals surface area (Å²) in [6, 6.07) is 17.9. The standard InChI is InChI=1S/C19H16BrFN2O2/c20-14-8-9-16(15(21)11-14)23-18(24)12-22-19(17-7-4-10-25-17)13-5-2-1-3-6-13/h1-11,19,22H,12H2,(H,23,24)/p+1/t19-/m0/s1. The van der Waals surface area contributed by atoms with Crippen LogP contribution >= 0.6 is 15.9 Å². The second-order valence-electron chi connectivity index (χ2n) is 5.52. The lowest BCUT2D eigenvalue weighted by Crippen LogP contribution is -2.87. The van der Waals surface area contributed by atoms with Gasteiger partial charge in [0.2, 0.25) is 0 Å². The highest BCUT2D eigenvalue weighted by Crippen LogP contribution is 2.20. The first kappa shape index (κ1) is 17.4. The Morgan fingerprint density at radius 3 is 2.64 bits per heavy atom. The first-order valence-electron chi connectivity index (χ1n) is 7.80. The van der Waals surface area contributed by atoms with Gasteiger partial charge in [0.25, 0.3) is 5.91 Å². The highest BCUT2D eigenvalue weighted by molar-refractivity contribution is 9.10. The molecule has 0 radical (unpaired) electrons. The van der Waals surface area contributed by atoms with Gasteiger partial charge >= 0.3 is 0 Å². The average molecular weight is 404 g/mol. The zero-order chi connectivity index (χ0) is 17.6. The van der Waals surface area contributed by atoms with Crippen LogP contribution in [0.1, 0.15) is 17.4 Å². The first-order valence-corrected chi connectivity index (χ1v) is 8.59. The van der Waals surface area contributed by atoms with Crippen molar-refractivity contribution < 1.29 is 18.9 Å². The summed E-state index contributed by atoms with van der Waals surface area (Å²) in [5.74, 6) is -0.00380. The molecule has 0 aliphatic carbocycles. The van der Waals surface area contributed by atoms with E-state index in [-0.39, 0.29) is 24.2 Å². The summed E-state index contributed by atoms with van der Waals surface area (Å²) in [4.78, 5) is 12.2. The molecule has 0 aliphatic rings. The molecule has 3 rings (SSSR count). The molecule has 2 aromatic carbocycles. The zero-order valence-corrected chi connectivity index (χ0v) is 14.9. The maximum Gasteiger partial charge on any atom is 0.279 e. The van der Waals surface area contributed by atoms with E-state index < -0.39 is 5.82 Å². The third-order valence-electron chi connectivity index (χ3n) is 3.75. The number of nitrogens with two attached hydrogens (primary N) is 1. The van der Waals surface area contributed by atoms with Gasteiger partial charge in [-0.3, -0.25) is 4.79 Å². The van der Waals surface area contributed by atoms with E-state index in [1.807, 2.05) is 47.8 Å². The van der Waals surface area contributed by atoms with Crippen LogP contribution in [0.3, 0.4) is 0 Å². The Morgan fingerprint density at radius 1 is 1.16 bits per heavy atom. The van der Waals surface area contributed by atoms with E-state index in [0.717, 1.165) is 11.3 Å². The quantitative estimate of drug-likeness (QED) is 0.661. The summed E-state index contributed by atoms with van der Waals surface area (Å²) in [6.45, 7) is 0.135. The molecule has 0 saturated carbocycles. The molecule has 25 heavy (non-hydrogen) atoms. The van der Waals surface area contributed by atoms with Crippen molar-refractivity contribution in [2.75, 3.05) is 11.9 Å². The average Bonchev–Trinajstić information content (AvgIpc) is 3.13. The molecule has 0 bridgehead atoms. The molecule has 0 spiro atoms. The molecule has 0 unspecified atom stereocenters. The van der Waals surface area contributed by atoms with Crippen molar-refractivity contribution in [2.24, 2.45) is 0 Å².